The highest BCUT2D eigenvalue weighted by molar-refractivity contribution is 6.28. The second-order valence-electron chi connectivity index (χ2n) is 4.24. The van der Waals surface area contributed by atoms with E-state index in [1.165, 1.54) is 0 Å². The molecule has 2 rings (SSSR count). The Bertz CT molecular complexity index is 593. The van der Waals surface area contributed by atoms with E-state index in [2.05, 4.69) is 15.0 Å². The van der Waals surface area contributed by atoms with Gasteiger partial charge in [-0.1, -0.05) is 12.1 Å². The summed E-state index contributed by atoms with van der Waals surface area (Å²) in [4.78, 5) is 11.7. The zero-order valence-electron chi connectivity index (χ0n) is 11.1. The fourth-order valence-electron chi connectivity index (χ4n) is 1.44. The number of benzene rings is 1. The van der Waals surface area contributed by atoms with Crippen molar-refractivity contribution >= 4 is 11.6 Å². The van der Waals surface area contributed by atoms with Gasteiger partial charge in [0.15, 0.2) is 0 Å². The van der Waals surface area contributed by atoms with Crippen LogP contribution in [0.1, 0.15) is 19.4 Å². The summed E-state index contributed by atoms with van der Waals surface area (Å²) in [5.41, 5.74) is 0.723. The van der Waals surface area contributed by atoms with Crippen molar-refractivity contribution < 1.29 is 14.6 Å². The Morgan fingerprint density at radius 1 is 1.20 bits per heavy atom. The molecule has 0 aliphatic heterocycles. The largest absolute Gasteiger partial charge is 0.461 e. The summed E-state index contributed by atoms with van der Waals surface area (Å²) in [5.74, 6) is 0.495. The Hall–Kier alpha value is -1.92. The van der Waals surface area contributed by atoms with Gasteiger partial charge in [-0.05, 0) is 43.1 Å². The maximum atomic E-state index is 9.08. The van der Waals surface area contributed by atoms with Crippen LogP contribution in [-0.2, 0) is 6.61 Å². The van der Waals surface area contributed by atoms with Crippen LogP contribution in [0.15, 0.2) is 24.3 Å². The van der Waals surface area contributed by atoms with Crippen LogP contribution < -0.4 is 9.47 Å². The Kier molecular flexibility index (Phi) is 4.70. The number of rotatable bonds is 5. The highest BCUT2D eigenvalue weighted by Gasteiger charge is 2.09. The minimum atomic E-state index is -0.0842. The molecule has 0 amide bonds. The van der Waals surface area contributed by atoms with E-state index in [0.29, 0.717) is 5.75 Å². The molecule has 0 spiro atoms. The highest BCUT2D eigenvalue weighted by atomic mass is 35.5. The van der Waals surface area contributed by atoms with Crippen molar-refractivity contribution in [1.29, 1.82) is 0 Å². The molecule has 1 heterocycles. The lowest BCUT2D eigenvalue weighted by atomic mass is 10.2. The fourth-order valence-corrected chi connectivity index (χ4v) is 1.58. The van der Waals surface area contributed by atoms with Crippen LogP contribution >= 0.6 is 11.6 Å². The number of hydrogen-bond donors (Lipinski definition) is 1. The standard InChI is InChI=1S/C13H14ClN3O3/c1-8(2)19-12-15-11(14)16-13(17-12)20-10-5-3-4-9(6-10)7-18/h3-6,8,18H,7H2,1-2H3. The summed E-state index contributed by atoms with van der Waals surface area (Å²) in [5, 5.41) is 9.07. The van der Waals surface area contributed by atoms with Crippen molar-refractivity contribution in [3.8, 4) is 17.8 Å². The maximum Gasteiger partial charge on any atom is 0.329 e. The van der Waals surface area contributed by atoms with E-state index in [1.54, 1.807) is 24.3 Å². The average molecular weight is 296 g/mol. The van der Waals surface area contributed by atoms with Crippen molar-refractivity contribution in [2.75, 3.05) is 0 Å². The molecule has 2 aromatic rings. The molecule has 1 aromatic carbocycles. The molecule has 0 bridgehead atoms. The van der Waals surface area contributed by atoms with Crippen LogP contribution in [0.3, 0.4) is 0 Å². The van der Waals surface area contributed by atoms with E-state index in [1.807, 2.05) is 13.8 Å². The summed E-state index contributed by atoms with van der Waals surface area (Å²) in [7, 11) is 0. The van der Waals surface area contributed by atoms with E-state index < -0.39 is 0 Å². The first-order valence-corrected chi connectivity index (χ1v) is 6.40. The van der Waals surface area contributed by atoms with Gasteiger partial charge in [0.1, 0.15) is 5.75 Å². The van der Waals surface area contributed by atoms with Crippen molar-refractivity contribution in [3.05, 3.63) is 35.1 Å². The van der Waals surface area contributed by atoms with E-state index in [0.717, 1.165) is 5.56 Å². The van der Waals surface area contributed by atoms with Crippen molar-refractivity contribution in [3.63, 3.8) is 0 Å². The van der Waals surface area contributed by atoms with Gasteiger partial charge in [-0.25, -0.2) is 0 Å². The summed E-state index contributed by atoms with van der Waals surface area (Å²) >= 11 is 5.80. The normalized spacial score (nSPS) is 10.7. The first-order valence-electron chi connectivity index (χ1n) is 6.02. The molecule has 0 atom stereocenters. The first-order chi connectivity index (χ1) is 9.56. The first kappa shape index (κ1) is 14.5. The molecule has 6 nitrogen and oxygen atoms in total. The Morgan fingerprint density at radius 3 is 2.65 bits per heavy atom. The lowest BCUT2D eigenvalue weighted by molar-refractivity contribution is 0.218. The Morgan fingerprint density at radius 2 is 1.95 bits per heavy atom. The number of aliphatic hydroxyl groups is 1. The topological polar surface area (TPSA) is 77.4 Å². The van der Waals surface area contributed by atoms with Gasteiger partial charge in [0.05, 0.1) is 12.7 Å². The molecular formula is C13H14ClN3O3. The predicted molar refractivity (Wildman–Crippen MR) is 73.0 cm³/mol. The molecular weight excluding hydrogens is 282 g/mol. The minimum Gasteiger partial charge on any atom is -0.461 e. The molecule has 7 heteroatoms. The number of halogens is 1. The second kappa shape index (κ2) is 6.49. The van der Waals surface area contributed by atoms with Crippen LogP contribution in [0, 0.1) is 0 Å². The van der Waals surface area contributed by atoms with Gasteiger partial charge < -0.3 is 14.6 Å². The number of aromatic nitrogens is 3. The van der Waals surface area contributed by atoms with Crippen molar-refractivity contribution in [1.82, 2.24) is 15.0 Å². The van der Waals surface area contributed by atoms with Crippen LogP contribution in [-0.4, -0.2) is 26.2 Å². The Labute approximate surface area is 121 Å². The molecule has 0 aliphatic rings. The third-order valence-corrected chi connectivity index (χ3v) is 2.37. The molecule has 1 aromatic heterocycles. The molecule has 1 N–H and O–H groups in total. The van der Waals surface area contributed by atoms with Crippen molar-refractivity contribution in [2.24, 2.45) is 0 Å². The van der Waals surface area contributed by atoms with E-state index in [-0.39, 0.29) is 30.0 Å². The number of ether oxygens (including phenoxy) is 2. The van der Waals surface area contributed by atoms with Crippen LogP contribution in [0.4, 0.5) is 0 Å². The van der Waals surface area contributed by atoms with Crippen LogP contribution in [0.2, 0.25) is 5.28 Å². The summed E-state index contributed by atoms with van der Waals surface area (Å²) in [6, 6.07) is 7.08. The van der Waals surface area contributed by atoms with Gasteiger partial charge in [0.2, 0.25) is 5.28 Å². The molecule has 20 heavy (non-hydrogen) atoms. The molecule has 0 fully saturated rings. The molecule has 0 saturated heterocycles. The summed E-state index contributed by atoms with van der Waals surface area (Å²) < 4.78 is 10.8. The van der Waals surface area contributed by atoms with Gasteiger partial charge in [0, 0.05) is 0 Å². The quantitative estimate of drug-likeness (QED) is 0.913. The average Bonchev–Trinajstić information content (AvgIpc) is 2.37. The zero-order chi connectivity index (χ0) is 14.5. The number of nitrogens with zero attached hydrogens (tertiary/aromatic N) is 3. The number of hydrogen-bond acceptors (Lipinski definition) is 6. The molecule has 0 aliphatic carbocycles. The van der Waals surface area contributed by atoms with Gasteiger partial charge in [-0.3, -0.25) is 0 Å². The van der Waals surface area contributed by atoms with Gasteiger partial charge >= 0.3 is 12.0 Å². The van der Waals surface area contributed by atoms with Crippen molar-refractivity contribution in [2.45, 2.75) is 26.6 Å². The smallest absolute Gasteiger partial charge is 0.329 e. The van der Waals surface area contributed by atoms with Gasteiger partial charge in [0.25, 0.3) is 0 Å². The SMILES string of the molecule is CC(C)Oc1nc(Cl)nc(Oc2cccc(CO)c2)n1. The lowest BCUT2D eigenvalue weighted by Crippen LogP contribution is -2.09. The maximum absolute atomic E-state index is 9.08. The van der Waals surface area contributed by atoms with Gasteiger partial charge in [-0.2, -0.15) is 9.97 Å². The Balaban J connectivity index is 2.21. The zero-order valence-corrected chi connectivity index (χ0v) is 11.8. The molecule has 0 radical (unpaired) electrons. The second-order valence-corrected chi connectivity index (χ2v) is 4.58. The lowest BCUT2D eigenvalue weighted by Gasteiger charge is -2.09. The van der Waals surface area contributed by atoms with E-state index in [9.17, 15) is 0 Å². The third kappa shape index (κ3) is 4.04. The monoisotopic (exact) mass is 295 g/mol. The highest BCUT2D eigenvalue weighted by Crippen LogP contribution is 2.22. The fraction of sp³-hybridized carbons (Fsp3) is 0.308. The minimum absolute atomic E-state index is 0.0102. The van der Waals surface area contributed by atoms with E-state index in [4.69, 9.17) is 26.2 Å². The van der Waals surface area contributed by atoms with Crippen LogP contribution in [0.5, 0.6) is 17.8 Å². The van der Waals surface area contributed by atoms with Gasteiger partial charge in [-0.15, -0.1) is 4.98 Å². The predicted octanol–water partition coefficient (Wildman–Crippen LogP) is 2.60. The summed E-state index contributed by atoms with van der Waals surface area (Å²) in [6.07, 6.45) is -0.0842. The molecule has 0 saturated carbocycles. The number of aliphatic hydroxyl groups excluding tert-OH is 1. The third-order valence-electron chi connectivity index (χ3n) is 2.20. The summed E-state index contributed by atoms with van der Waals surface area (Å²) in [6.45, 7) is 3.63. The van der Waals surface area contributed by atoms with E-state index >= 15 is 0 Å². The molecule has 0 unspecified atom stereocenters. The van der Waals surface area contributed by atoms with Crippen LogP contribution in [0.25, 0.3) is 0 Å². The molecule has 106 valence electrons.